The fraction of sp³-hybridized carbons (Fsp3) is 0.118. The molecular formula is C17H10ClF4N3O2. The zero-order valence-electron chi connectivity index (χ0n) is 13.3. The van der Waals surface area contributed by atoms with Crippen molar-refractivity contribution in [1.29, 1.82) is 0 Å². The smallest absolute Gasteiger partial charge is 0.323 e. The van der Waals surface area contributed by atoms with E-state index >= 15 is 0 Å². The van der Waals surface area contributed by atoms with Crippen molar-refractivity contribution < 1.29 is 22.4 Å². The van der Waals surface area contributed by atoms with E-state index in [9.17, 15) is 27.2 Å². The summed E-state index contributed by atoms with van der Waals surface area (Å²) < 4.78 is 53.3. The second-order valence-electron chi connectivity index (χ2n) is 5.55. The molecule has 5 nitrogen and oxygen atoms in total. The SMILES string of the molecule is O=C(Cn1cnc2cc(F)ccc2c1=O)Nc1c(Cl)cccc1C(F)(F)F. The highest BCUT2D eigenvalue weighted by atomic mass is 35.5. The van der Waals surface area contributed by atoms with Crippen LogP contribution in [0.2, 0.25) is 5.02 Å². The first-order chi connectivity index (χ1) is 12.7. The van der Waals surface area contributed by atoms with Gasteiger partial charge in [-0.15, -0.1) is 0 Å². The Kier molecular flexibility index (Phi) is 4.88. The molecule has 0 aliphatic rings. The van der Waals surface area contributed by atoms with Gasteiger partial charge in [0.2, 0.25) is 5.91 Å². The summed E-state index contributed by atoms with van der Waals surface area (Å²) in [6, 6.07) is 6.42. The number of amides is 1. The highest BCUT2D eigenvalue weighted by molar-refractivity contribution is 6.34. The summed E-state index contributed by atoms with van der Waals surface area (Å²) in [6.45, 7) is -0.596. The number of anilines is 1. The molecule has 1 aromatic heterocycles. The molecule has 2 aromatic carbocycles. The highest BCUT2D eigenvalue weighted by Crippen LogP contribution is 2.38. The molecule has 140 valence electrons. The molecule has 0 radical (unpaired) electrons. The summed E-state index contributed by atoms with van der Waals surface area (Å²) >= 11 is 5.78. The molecule has 1 heterocycles. The van der Waals surface area contributed by atoms with Crippen LogP contribution in [0.25, 0.3) is 10.9 Å². The Balaban J connectivity index is 1.90. The third-order valence-corrected chi connectivity index (χ3v) is 4.00. The number of alkyl halides is 3. The van der Waals surface area contributed by atoms with Crippen LogP contribution in [0, 0.1) is 5.82 Å². The fourth-order valence-electron chi connectivity index (χ4n) is 2.47. The van der Waals surface area contributed by atoms with Crippen molar-refractivity contribution in [3.05, 3.63) is 69.5 Å². The predicted molar refractivity (Wildman–Crippen MR) is 91.0 cm³/mol. The molecule has 0 fully saturated rings. The lowest BCUT2D eigenvalue weighted by molar-refractivity contribution is -0.137. The van der Waals surface area contributed by atoms with E-state index in [1.54, 1.807) is 0 Å². The molecule has 0 unspecified atom stereocenters. The number of hydrogen-bond acceptors (Lipinski definition) is 3. The minimum absolute atomic E-state index is 0.0698. The number of nitrogens with zero attached hydrogens (tertiary/aromatic N) is 2. The van der Waals surface area contributed by atoms with Crippen LogP contribution in [0.3, 0.4) is 0 Å². The van der Waals surface area contributed by atoms with Gasteiger partial charge in [0.15, 0.2) is 0 Å². The largest absolute Gasteiger partial charge is 0.418 e. The Morgan fingerprint density at radius 3 is 2.67 bits per heavy atom. The lowest BCUT2D eigenvalue weighted by atomic mass is 10.1. The van der Waals surface area contributed by atoms with Crippen molar-refractivity contribution >= 4 is 34.1 Å². The molecule has 0 spiro atoms. The van der Waals surface area contributed by atoms with Gasteiger partial charge in [-0.2, -0.15) is 13.2 Å². The maximum Gasteiger partial charge on any atom is 0.418 e. The molecule has 0 saturated carbocycles. The zero-order valence-corrected chi connectivity index (χ0v) is 14.1. The predicted octanol–water partition coefficient (Wildman–Crippen LogP) is 3.85. The number of hydrogen-bond donors (Lipinski definition) is 1. The van der Waals surface area contributed by atoms with E-state index in [1.807, 2.05) is 0 Å². The van der Waals surface area contributed by atoms with Crippen LogP contribution >= 0.6 is 11.6 Å². The van der Waals surface area contributed by atoms with Crippen LogP contribution in [0.15, 0.2) is 47.5 Å². The normalized spacial score (nSPS) is 11.6. The van der Waals surface area contributed by atoms with Crippen molar-refractivity contribution in [2.24, 2.45) is 0 Å². The van der Waals surface area contributed by atoms with Gasteiger partial charge in [0.05, 0.1) is 33.5 Å². The number of fused-ring (bicyclic) bond motifs is 1. The summed E-state index contributed by atoms with van der Waals surface area (Å²) in [4.78, 5) is 28.4. The van der Waals surface area contributed by atoms with E-state index in [0.717, 1.165) is 35.2 Å². The van der Waals surface area contributed by atoms with E-state index in [4.69, 9.17) is 11.6 Å². The summed E-state index contributed by atoms with van der Waals surface area (Å²) in [7, 11) is 0. The van der Waals surface area contributed by atoms with Crippen molar-refractivity contribution in [1.82, 2.24) is 9.55 Å². The second kappa shape index (κ2) is 6.99. The van der Waals surface area contributed by atoms with Gasteiger partial charge < -0.3 is 5.32 Å². The minimum atomic E-state index is -4.72. The molecule has 0 aliphatic carbocycles. The third-order valence-electron chi connectivity index (χ3n) is 3.68. The number of rotatable bonds is 3. The van der Waals surface area contributed by atoms with E-state index in [-0.39, 0.29) is 15.9 Å². The molecule has 10 heteroatoms. The molecule has 0 saturated heterocycles. The van der Waals surface area contributed by atoms with Gasteiger partial charge in [-0.25, -0.2) is 9.37 Å². The van der Waals surface area contributed by atoms with Gasteiger partial charge in [0, 0.05) is 6.07 Å². The first-order valence-corrected chi connectivity index (χ1v) is 7.85. The van der Waals surface area contributed by atoms with Crippen LogP contribution in [0.4, 0.5) is 23.2 Å². The molecule has 27 heavy (non-hydrogen) atoms. The topological polar surface area (TPSA) is 64.0 Å². The molecule has 3 aromatic rings. The lowest BCUT2D eigenvalue weighted by Crippen LogP contribution is -2.28. The van der Waals surface area contributed by atoms with E-state index in [1.165, 1.54) is 12.1 Å². The molecule has 1 N–H and O–H groups in total. The highest BCUT2D eigenvalue weighted by Gasteiger charge is 2.34. The molecular weight excluding hydrogens is 390 g/mol. The molecule has 0 bridgehead atoms. The molecule has 0 aliphatic heterocycles. The Morgan fingerprint density at radius 2 is 1.96 bits per heavy atom. The van der Waals surface area contributed by atoms with Gasteiger partial charge >= 0.3 is 6.18 Å². The standard InChI is InChI=1S/C17H10ClF4N3O2/c18-12-3-1-2-11(17(20,21)22)15(12)24-14(26)7-25-8-23-13-6-9(19)4-5-10(13)16(25)27/h1-6,8H,7H2,(H,24,26). The number of halogens is 5. The van der Waals surface area contributed by atoms with Gasteiger partial charge in [-0.3, -0.25) is 14.2 Å². The van der Waals surface area contributed by atoms with Crippen LogP contribution in [-0.4, -0.2) is 15.5 Å². The van der Waals surface area contributed by atoms with Crippen molar-refractivity contribution in [3.8, 4) is 0 Å². The number of para-hydroxylation sites is 1. The average Bonchev–Trinajstić information content (AvgIpc) is 2.58. The molecule has 1 amide bonds. The van der Waals surface area contributed by atoms with Gasteiger partial charge in [-0.1, -0.05) is 17.7 Å². The van der Waals surface area contributed by atoms with E-state index < -0.39 is 41.3 Å². The maximum absolute atomic E-state index is 13.2. The average molecular weight is 400 g/mol. The van der Waals surface area contributed by atoms with Crippen molar-refractivity contribution in [3.63, 3.8) is 0 Å². The van der Waals surface area contributed by atoms with Crippen LogP contribution in [-0.2, 0) is 17.5 Å². The fourth-order valence-corrected chi connectivity index (χ4v) is 2.69. The molecule has 0 atom stereocenters. The number of benzene rings is 2. The number of nitrogens with one attached hydrogen (secondary N) is 1. The van der Waals surface area contributed by atoms with Gasteiger partial charge in [-0.05, 0) is 24.3 Å². The van der Waals surface area contributed by atoms with Crippen molar-refractivity contribution in [2.45, 2.75) is 12.7 Å². The minimum Gasteiger partial charge on any atom is -0.323 e. The number of carbonyl (C=O) groups is 1. The Hall–Kier alpha value is -2.94. The summed E-state index contributed by atoms with van der Waals surface area (Å²) in [5, 5.41) is 1.86. The zero-order chi connectivity index (χ0) is 19.8. The first-order valence-electron chi connectivity index (χ1n) is 7.47. The Morgan fingerprint density at radius 1 is 1.22 bits per heavy atom. The van der Waals surface area contributed by atoms with Crippen LogP contribution in [0.1, 0.15) is 5.56 Å². The number of aromatic nitrogens is 2. The summed E-state index contributed by atoms with van der Waals surface area (Å²) in [6.07, 6.45) is -3.71. The van der Waals surface area contributed by atoms with E-state index in [0.29, 0.717) is 0 Å². The monoisotopic (exact) mass is 399 g/mol. The maximum atomic E-state index is 13.2. The van der Waals surface area contributed by atoms with Gasteiger partial charge in [0.1, 0.15) is 12.4 Å². The third kappa shape index (κ3) is 3.92. The second-order valence-corrected chi connectivity index (χ2v) is 5.95. The van der Waals surface area contributed by atoms with E-state index in [2.05, 4.69) is 10.3 Å². The Labute approximate surface area is 154 Å². The number of carbonyl (C=O) groups excluding carboxylic acids is 1. The molecule has 3 rings (SSSR count). The summed E-state index contributed by atoms with van der Waals surface area (Å²) in [5.41, 5.74) is -2.24. The van der Waals surface area contributed by atoms with Crippen LogP contribution < -0.4 is 10.9 Å². The quantitative estimate of drug-likeness (QED) is 0.680. The van der Waals surface area contributed by atoms with Gasteiger partial charge in [0.25, 0.3) is 5.56 Å². The Bertz CT molecular complexity index is 1100. The first kappa shape index (κ1) is 18.8. The lowest BCUT2D eigenvalue weighted by Gasteiger charge is -2.15. The van der Waals surface area contributed by atoms with Crippen molar-refractivity contribution in [2.75, 3.05) is 5.32 Å². The summed E-state index contributed by atoms with van der Waals surface area (Å²) in [5.74, 6) is -1.48. The van der Waals surface area contributed by atoms with Crippen LogP contribution in [0.5, 0.6) is 0 Å².